The van der Waals surface area contributed by atoms with Crippen molar-refractivity contribution in [2.75, 3.05) is 26.3 Å². The number of hydrogen-bond acceptors (Lipinski definition) is 6. The summed E-state index contributed by atoms with van der Waals surface area (Å²) in [4.78, 5) is 18.2. The van der Waals surface area contributed by atoms with E-state index in [2.05, 4.69) is 10.6 Å². The third-order valence-corrected chi connectivity index (χ3v) is 3.61. The first kappa shape index (κ1) is 15.2. The van der Waals surface area contributed by atoms with Gasteiger partial charge in [-0.15, -0.1) is 0 Å². The maximum Gasteiger partial charge on any atom is 0.414 e. The van der Waals surface area contributed by atoms with Crippen LogP contribution in [0, 0.1) is 0 Å². The molecule has 0 aromatic rings. The SMILES string of the molecule is C1O[C@H]2CN[C@@H]1C2.C1O[C@H]2CN[C@@H]1C2.O=C(O)C(=O)O. The van der Waals surface area contributed by atoms with E-state index in [-0.39, 0.29) is 0 Å². The number of fused-ring (bicyclic) bond motifs is 4. The lowest BCUT2D eigenvalue weighted by atomic mass is 10.3. The van der Waals surface area contributed by atoms with Gasteiger partial charge in [0.2, 0.25) is 0 Å². The molecule has 4 rings (SSSR count). The van der Waals surface area contributed by atoms with E-state index in [1.54, 1.807) is 0 Å². The van der Waals surface area contributed by atoms with Gasteiger partial charge in [-0.3, -0.25) is 0 Å². The number of hydrogen-bond donors (Lipinski definition) is 4. The fourth-order valence-electron chi connectivity index (χ4n) is 2.58. The van der Waals surface area contributed by atoms with Crippen LogP contribution in [0.3, 0.4) is 0 Å². The van der Waals surface area contributed by atoms with E-state index in [1.165, 1.54) is 12.8 Å². The number of carbonyl (C=O) groups is 2. The normalized spacial score (nSPS) is 35.8. The average Bonchev–Trinajstić information content (AvgIpc) is 3.22. The van der Waals surface area contributed by atoms with Gasteiger partial charge in [-0.05, 0) is 12.8 Å². The molecule has 4 bridgehead atoms. The molecule has 0 aromatic heterocycles. The van der Waals surface area contributed by atoms with Gasteiger partial charge in [-0.2, -0.15) is 0 Å². The van der Waals surface area contributed by atoms with Crippen LogP contribution in [-0.4, -0.2) is 72.7 Å². The Bertz CT molecular complexity index is 294. The topological polar surface area (TPSA) is 117 Å². The number of carboxylic acid groups (broad SMARTS) is 2. The molecule has 0 amide bonds. The number of nitrogens with one attached hydrogen (secondary N) is 2. The van der Waals surface area contributed by atoms with Crippen LogP contribution in [0.15, 0.2) is 0 Å². The van der Waals surface area contributed by atoms with Gasteiger partial charge in [0, 0.05) is 25.2 Å². The van der Waals surface area contributed by atoms with E-state index < -0.39 is 11.9 Å². The van der Waals surface area contributed by atoms with E-state index in [1.807, 2.05) is 0 Å². The minimum atomic E-state index is -1.82. The van der Waals surface area contributed by atoms with Crippen LogP contribution in [0.1, 0.15) is 12.8 Å². The molecule has 0 radical (unpaired) electrons. The Morgan fingerprint density at radius 3 is 1.30 bits per heavy atom. The summed E-state index contributed by atoms with van der Waals surface area (Å²) in [7, 11) is 0. The molecule has 20 heavy (non-hydrogen) atoms. The highest BCUT2D eigenvalue weighted by Gasteiger charge is 2.31. The largest absolute Gasteiger partial charge is 0.473 e. The molecular formula is C12H20N2O6. The molecule has 8 heteroatoms. The molecule has 8 nitrogen and oxygen atoms in total. The van der Waals surface area contributed by atoms with Crippen LogP contribution in [0.2, 0.25) is 0 Å². The highest BCUT2D eigenvalue weighted by atomic mass is 16.5. The second-order valence-electron chi connectivity index (χ2n) is 5.20. The molecule has 4 aliphatic rings. The molecule has 0 saturated carbocycles. The van der Waals surface area contributed by atoms with Gasteiger partial charge in [-0.25, -0.2) is 9.59 Å². The Kier molecular flexibility index (Phi) is 5.30. The van der Waals surface area contributed by atoms with Gasteiger partial charge < -0.3 is 30.3 Å². The summed E-state index contributed by atoms with van der Waals surface area (Å²) in [5, 5.41) is 21.4. The van der Waals surface area contributed by atoms with E-state index in [9.17, 15) is 0 Å². The van der Waals surface area contributed by atoms with Gasteiger partial charge in [-0.1, -0.05) is 0 Å². The van der Waals surface area contributed by atoms with Gasteiger partial charge in [0.05, 0.1) is 25.4 Å². The van der Waals surface area contributed by atoms with Crippen molar-refractivity contribution in [1.82, 2.24) is 10.6 Å². The molecule has 0 aromatic carbocycles. The molecule has 114 valence electrons. The molecule has 0 unspecified atom stereocenters. The Hall–Kier alpha value is -1.22. The molecule has 4 N–H and O–H groups in total. The van der Waals surface area contributed by atoms with Crippen molar-refractivity contribution in [3.63, 3.8) is 0 Å². The quantitative estimate of drug-likeness (QED) is 0.404. The van der Waals surface area contributed by atoms with Crippen molar-refractivity contribution in [3.05, 3.63) is 0 Å². The maximum absolute atomic E-state index is 9.10. The Morgan fingerprint density at radius 1 is 0.850 bits per heavy atom. The van der Waals surface area contributed by atoms with Crippen LogP contribution in [0.4, 0.5) is 0 Å². The summed E-state index contributed by atoms with van der Waals surface area (Å²) in [5.74, 6) is -3.65. The zero-order valence-electron chi connectivity index (χ0n) is 11.1. The summed E-state index contributed by atoms with van der Waals surface area (Å²) in [6.07, 6.45) is 3.62. The molecule has 0 aliphatic carbocycles. The van der Waals surface area contributed by atoms with E-state index >= 15 is 0 Å². The first-order chi connectivity index (χ1) is 9.54. The van der Waals surface area contributed by atoms with E-state index in [0.29, 0.717) is 24.3 Å². The smallest absolute Gasteiger partial charge is 0.414 e. The van der Waals surface area contributed by atoms with Crippen LogP contribution in [0.5, 0.6) is 0 Å². The molecular weight excluding hydrogens is 268 g/mol. The molecule has 4 fully saturated rings. The fourth-order valence-corrected chi connectivity index (χ4v) is 2.58. The first-order valence-electron chi connectivity index (χ1n) is 6.70. The van der Waals surface area contributed by atoms with Gasteiger partial charge in [0.15, 0.2) is 0 Å². The van der Waals surface area contributed by atoms with Gasteiger partial charge >= 0.3 is 11.9 Å². The first-order valence-corrected chi connectivity index (χ1v) is 6.70. The Labute approximate surface area is 116 Å². The third-order valence-electron chi connectivity index (χ3n) is 3.61. The second-order valence-corrected chi connectivity index (χ2v) is 5.20. The van der Waals surface area contributed by atoms with E-state index in [4.69, 9.17) is 29.3 Å². The Balaban J connectivity index is 0.000000111. The number of carboxylic acids is 2. The zero-order chi connectivity index (χ0) is 14.5. The zero-order valence-corrected chi connectivity index (χ0v) is 11.1. The van der Waals surface area contributed by atoms with Crippen molar-refractivity contribution in [2.45, 2.75) is 37.1 Å². The standard InChI is InChI=1S/2C5H9NO.C2H2O4/c2*1-4-3-7-5(1)2-6-4;3-1(4)2(5)6/h2*4-6H,1-3H2;(H,3,4)(H,5,6)/t2*4-,5-;/m11./s1. The highest BCUT2D eigenvalue weighted by Crippen LogP contribution is 2.18. The lowest BCUT2D eigenvalue weighted by molar-refractivity contribution is -0.159. The summed E-state index contributed by atoms with van der Waals surface area (Å²) >= 11 is 0. The molecule has 4 atom stereocenters. The average molecular weight is 288 g/mol. The van der Waals surface area contributed by atoms with Crippen LogP contribution >= 0.6 is 0 Å². The third kappa shape index (κ3) is 4.41. The molecule has 4 heterocycles. The Morgan fingerprint density at radius 2 is 1.25 bits per heavy atom. The molecule has 0 spiro atoms. The number of ether oxygens (including phenoxy) is 2. The van der Waals surface area contributed by atoms with Crippen LogP contribution < -0.4 is 10.6 Å². The van der Waals surface area contributed by atoms with Crippen LogP contribution in [-0.2, 0) is 19.1 Å². The highest BCUT2D eigenvalue weighted by molar-refractivity contribution is 6.27. The number of morpholine rings is 2. The number of aliphatic carboxylic acids is 2. The summed E-state index contributed by atoms with van der Waals surface area (Å²) in [5.41, 5.74) is 0. The van der Waals surface area contributed by atoms with Crippen molar-refractivity contribution < 1.29 is 29.3 Å². The van der Waals surface area contributed by atoms with Gasteiger partial charge in [0.1, 0.15) is 0 Å². The van der Waals surface area contributed by atoms with Gasteiger partial charge in [0.25, 0.3) is 0 Å². The second kappa shape index (κ2) is 6.98. The van der Waals surface area contributed by atoms with Crippen molar-refractivity contribution in [1.29, 1.82) is 0 Å². The minimum absolute atomic E-state index is 0.560. The van der Waals surface area contributed by atoms with Crippen molar-refractivity contribution in [2.24, 2.45) is 0 Å². The molecule has 4 aliphatic heterocycles. The summed E-state index contributed by atoms with van der Waals surface area (Å²) in [6.45, 7) is 4.07. The van der Waals surface area contributed by atoms with Crippen LogP contribution in [0.25, 0.3) is 0 Å². The number of rotatable bonds is 0. The predicted molar refractivity (Wildman–Crippen MR) is 67.6 cm³/mol. The van der Waals surface area contributed by atoms with E-state index in [0.717, 1.165) is 26.3 Å². The maximum atomic E-state index is 9.10. The van der Waals surface area contributed by atoms with Crippen molar-refractivity contribution in [3.8, 4) is 0 Å². The predicted octanol–water partition coefficient (Wildman–Crippen LogP) is -1.35. The lowest BCUT2D eigenvalue weighted by Gasteiger charge is -2.09. The minimum Gasteiger partial charge on any atom is -0.473 e. The fraction of sp³-hybridized carbons (Fsp3) is 0.833. The lowest BCUT2D eigenvalue weighted by Crippen LogP contribution is -2.30. The monoisotopic (exact) mass is 288 g/mol. The van der Waals surface area contributed by atoms with Crippen molar-refractivity contribution >= 4 is 11.9 Å². The summed E-state index contributed by atoms with van der Waals surface area (Å²) < 4.78 is 10.6. The summed E-state index contributed by atoms with van der Waals surface area (Å²) in [6, 6.07) is 1.40. The molecule has 4 saturated heterocycles.